The molecule has 0 radical (unpaired) electrons. The molecule has 27 heteroatoms. The summed E-state index contributed by atoms with van der Waals surface area (Å²) < 4.78 is 79.3. The average molecular weight is 1050 g/mol. The van der Waals surface area contributed by atoms with Gasteiger partial charge in [-0.15, -0.1) is 12.4 Å². The van der Waals surface area contributed by atoms with Crippen molar-refractivity contribution >= 4 is 80.0 Å². The number of rotatable bonds is 29. The summed E-state index contributed by atoms with van der Waals surface area (Å²) >= 11 is 0. The van der Waals surface area contributed by atoms with E-state index in [9.17, 15) is 66.0 Å². The Balaban J connectivity index is 0.0000133. The fraction of sp³-hybridized carbons (Fsp3) is 0.318. The number of hydrogen-bond donors (Lipinski definition) is 6. The number of carboxylic acids is 4. The van der Waals surface area contributed by atoms with Gasteiger partial charge in [-0.05, 0) is 83.9 Å². The van der Waals surface area contributed by atoms with Crippen molar-refractivity contribution in [2.75, 3.05) is 65.1 Å². The van der Waals surface area contributed by atoms with Crippen molar-refractivity contribution in [3.8, 4) is 11.5 Å². The van der Waals surface area contributed by atoms with Crippen molar-refractivity contribution in [2.24, 2.45) is 0 Å². The van der Waals surface area contributed by atoms with Crippen LogP contribution in [0.15, 0.2) is 97.1 Å². The van der Waals surface area contributed by atoms with Crippen LogP contribution < -0.4 is 20.9 Å². The van der Waals surface area contributed by atoms with E-state index in [0.717, 1.165) is 22.7 Å². The lowest BCUT2D eigenvalue weighted by Gasteiger charge is -2.31. The highest BCUT2D eigenvalue weighted by Crippen LogP contribution is 2.22. The molecule has 71 heavy (non-hydrogen) atoms. The van der Waals surface area contributed by atoms with E-state index in [0.29, 0.717) is 31.1 Å². The number of hydrogen-bond acceptors (Lipinski definition) is 16. The molecule has 4 rings (SSSR count). The van der Waals surface area contributed by atoms with Crippen LogP contribution in [0.1, 0.15) is 44.7 Å². The van der Waals surface area contributed by atoms with Crippen LogP contribution in [0.5, 0.6) is 11.5 Å². The Morgan fingerprint density at radius 3 is 1.10 bits per heavy atom. The molecule has 0 aliphatic rings. The minimum absolute atomic E-state index is 0. The van der Waals surface area contributed by atoms with Crippen LogP contribution in [0.25, 0.3) is 0 Å². The number of carbonyl (C=O) groups is 6. The zero-order chi connectivity index (χ0) is 51.8. The first kappa shape index (κ1) is 58.6. The van der Waals surface area contributed by atoms with E-state index in [2.05, 4.69) is 0 Å². The minimum Gasteiger partial charge on any atom is -0.481 e. The fourth-order valence-corrected chi connectivity index (χ4v) is 9.31. The summed E-state index contributed by atoms with van der Waals surface area (Å²) in [6.45, 7) is -3.51. The van der Waals surface area contributed by atoms with Crippen molar-refractivity contribution in [2.45, 2.75) is 38.0 Å². The number of aliphatic carboxylic acids is 4. The molecule has 2 atom stereocenters. The molecule has 0 heterocycles. The monoisotopic (exact) mass is 1050 g/mol. The van der Waals surface area contributed by atoms with Crippen LogP contribution in [0.4, 0.5) is 11.4 Å². The summed E-state index contributed by atoms with van der Waals surface area (Å²) in [7, 11) is -7.15. The van der Waals surface area contributed by atoms with Gasteiger partial charge in [0.1, 0.15) is 23.6 Å². The molecule has 0 aliphatic heterocycles. The molecule has 0 aliphatic carbocycles. The molecule has 0 saturated heterocycles. The molecule has 8 N–H and O–H groups in total. The molecular formula is C44H53ClN6O18S2. The number of nitrogens with zero attached hydrogens (tertiary/aromatic N) is 4. The first-order valence-corrected chi connectivity index (χ1v) is 23.6. The van der Waals surface area contributed by atoms with Crippen LogP contribution in [-0.4, -0.2) is 156 Å². The highest BCUT2D eigenvalue weighted by atomic mass is 35.5. The second-order valence-electron chi connectivity index (χ2n) is 15.2. The van der Waals surface area contributed by atoms with Gasteiger partial charge >= 0.3 is 35.8 Å². The number of benzene rings is 4. The number of esters is 2. The average Bonchev–Trinajstić information content (AvgIpc) is 3.29. The number of carbonyl (C=O) groups excluding carboxylic acids is 2. The Morgan fingerprint density at radius 2 is 0.817 bits per heavy atom. The lowest BCUT2D eigenvalue weighted by atomic mass is 10.2. The smallest absolute Gasteiger partial charge is 0.343 e. The van der Waals surface area contributed by atoms with Gasteiger partial charge in [-0.3, -0.25) is 19.2 Å². The Labute approximate surface area is 414 Å². The number of ether oxygens (including phenoxy) is 4. The van der Waals surface area contributed by atoms with E-state index in [1.54, 1.807) is 0 Å². The van der Waals surface area contributed by atoms with Crippen LogP contribution >= 0.6 is 12.4 Å². The lowest BCUT2D eigenvalue weighted by Crippen LogP contribution is -2.52. The second-order valence-corrected chi connectivity index (χ2v) is 19.2. The Bertz CT molecular complexity index is 2500. The molecule has 0 bridgehead atoms. The van der Waals surface area contributed by atoms with Crippen molar-refractivity contribution in [3.05, 3.63) is 119 Å². The van der Waals surface area contributed by atoms with Gasteiger partial charge in [-0.1, -0.05) is 24.3 Å². The van der Waals surface area contributed by atoms with Crippen molar-refractivity contribution in [3.63, 3.8) is 0 Å². The molecule has 0 saturated carbocycles. The van der Waals surface area contributed by atoms with E-state index < -0.39 is 107 Å². The predicted molar refractivity (Wildman–Crippen MR) is 255 cm³/mol. The molecule has 2 unspecified atom stereocenters. The van der Waals surface area contributed by atoms with Gasteiger partial charge in [-0.25, -0.2) is 9.59 Å². The minimum atomic E-state index is -4.71. The van der Waals surface area contributed by atoms with E-state index in [-0.39, 0.29) is 61.3 Å². The number of carboxylic acid groups (broad SMARTS) is 4. The molecule has 0 aromatic heterocycles. The Kier molecular flexibility index (Phi) is 22.3. The van der Waals surface area contributed by atoms with E-state index in [4.69, 9.17) is 30.4 Å². The zero-order valence-electron chi connectivity index (χ0n) is 38.1. The summed E-state index contributed by atoms with van der Waals surface area (Å²) in [6, 6.07) is 19.4. The third-order valence-electron chi connectivity index (χ3n) is 10.0. The van der Waals surface area contributed by atoms with Gasteiger partial charge in [0, 0.05) is 51.6 Å². The summed E-state index contributed by atoms with van der Waals surface area (Å²) in [5.41, 5.74) is 13.4. The number of halogens is 1. The molecule has 4 aromatic rings. The molecule has 0 spiro atoms. The van der Waals surface area contributed by atoms with Gasteiger partial charge in [-0.2, -0.15) is 34.1 Å². The molecule has 4 aromatic carbocycles. The van der Waals surface area contributed by atoms with Gasteiger partial charge in [0.15, 0.2) is 0 Å². The molecule has 386 valence electrons. The first-order valence-electron chi connectivity index (χ1n) is 20.8. The maximum Gasteiger partial charge on any atom is 0.343 e. The van der Waals surface area contributed by atoms with Crippen LogP contribution in [0.3, 0.4) is 0 Å². The standard InChI is InChI=1S/C44H52N6O18S2.ClH/c1-47(27-29-3-15-35(16-4-29)67-43(59)31-7-11-33(45)12-8-31)69(61,62)49(37(41(55)56)25-39(51)52)19-21-65-23-24-66-22-20-50(38(42(57)58)26-40(53)54)70(63,64)48(2)28-30-5-17-36(18-6-30)68-44(60)32-9-13-34(46)14-10-32;/h3-18,37-38H,19-28,45-46H2,1-2H3,(H,51,52)(H,53,54)(H,55,56)(H,57,58);1H. The SMILES string of the molecule is CN(Cc1ccc(OC(=O)c2ccc(N)cc2)cc1)S(=O)(=O)N(CCOCCOCCN(C(CC(=O)O)C(=O)O)S(=O)(=O)N(C)Cc1ccc(OC(=O)c2ccc(N)cc2)cc1)C(CC(=O)O)C(=O)O.Cl. The normalized spacial score (nSPS) is 12.5. The van der Waals surface area contributed by atoms with Crippen LogP contribution in [0, 0.1) is 0 Å². The van der Waals surface area contributed by atoms with Crippen LogP contribution in [0.2, 0.25) is 0 Å². The van der Waals surface area contributed by atoms with Crippen LogP contribution in [-0.2, 0) is 62.2 Å². The topological polar surface area (TPSA) is 354 Å². The van der Waals surface area contributed by atoms with E-state index in [1.165, 1.54) is 97.1 Å². The molecular weight excluding hydrogens is 1000 g/mol. The zero-order valence-corrected chi connectivity index (χ0v) is 40.6. The Hall–Kier alpha value is -6.75. The summed E-state index contributed by atoms with van der Waals surface area (Å²) in [5.74, 6) is -7.79. The highest BCUT2D eigenvalue weighted by molar-refractivity contribution is 7.87. The highest BCUT2D eigenvalue weighted by Gasteiger charge is 2.40. The van der Waals surface area contributed by atoms with E-state index >= 15 is 0 Å². The molecule has 24 nitrogen and oxygen atoms in total. The number of nitrogens with two attached hydrogens (primary N) is 2. The van der Waals surface area contributed by atoms with Gasteiger partial charge in [0.2, 0.25) is 0 Å². The molecule has 0 fully saturated rings. The largest absolute Gasteiger partial charge is 0.481 e. The maximum absolute atomic E-state index is 13.8. The summed E-state index contributed by atoms with van der Waals surface area (Å²) in [5, 5.41) is 38.7. The van der Waals surface area contributed by atoms with Gasteiger partial charge in [0.25, 0.3) is 20.4 Å². The summed E-state index contributed by atoms with van der Waals surface area (Å²) in [6.07, 6.45) is -2.22. The summed E-state index contributed by atoms with van der Waals surface area (Å²) in [4.78, 5) is 72.7. The number of anilines is 2. The molecule has 0 amide bonds. The van der Waals surface area contributed by atoms with Crippen molar-refractivity contribution in [1.82, 2.24) is 17.2 Å². The first-order chi connectivity index (χ1) is 33.0. The quantitative estimate of drug-likeness (QED) is 0.0197. The van der Waals surface area contributed by atoms with E-state index in [1.807, 2.05) is 0 Å². The van der Waals surface area contributed by atoms with Crippen molar-refractivity contribution in [1.29, 1.82) is 0 Å². The van der Waals surface area contributed by atoms with Gasteiger partial charge < -0.3 is 50.8 Å². The second kappa shape index (κ2) is 27.0. The lowest BCUT2D eigenvalue weighted by molar-refractivity contribution is -0.148. The third-order valence-corrected chi connectivity index (χ3v) is 13.9. The number of nitrogen functional groups attached to an aromatic ring is 2. The van der Waals surface area contributed by atoms with Crippen molar-refractivity contribution < 1.29 is 85.0 Å². The maximum atomic E-state index is 13.8. The predicted octanol–water partition coefficient (Wildman–Crippen LogP) is 2.26. The van der Waals surface area contributed by atoms with Gasteiger partial charge in [0.05, 0.1) is 50.4 Å². The third kappa shape index (κ3) is 17.6. The fourth-order valence-electron chi connectivity index (χ4n) is 6.38. The Morgan fingerprint density at radius 1 is 0.507 bits per heavy atom.